The Morgan fingerprint density at radius 3 is 2.73 bits per heavy atom. The zero-order valence-corrected chi connectivity index (χ0v) is 15.7. The molecule has 2 amide bonds. The number of nitrogens with zero attached hydrogens (tertiary/aromatic N) is 1. The molecule has 0 aliphatic heterocycles. The minimum Gasteiger partial charge on any atom is -0.459 e. The first-order valence-electron chi connectivity index (χ1n) is 7.87. The molecule has 8 heteroatoms. The molecule has 134 valence electrons. The summed E-state index contributed by atoms with van der Waals surface area (Å²) in [6, 6.07) is 11.3. The number of carbonyl (C=O) groups excluding carboxylic acids is 2. The summed E-state index contributed by atoms with van der Waals surface area (Å²) in [5.41, 5.74) is 1.83. The Hall–Kier alpha value is -2.58. The van der Waals surface area contributed by atoms with Gasteiger partial charge in [0.25, 0.3) is 5.91 Å². The van der Waals surface area contributed by atoms with E-state index in [9.17, 15) is 9.59 Å². The largest absolute Gasteiger partial charge is 0.459 e. The SMILES string of the molecule is CSc1ccc(-c2csc(NC(=O)CCNC(=O)c3ccco3)n2)cc1. The molecule has 0 fully saturated rings. The topological polar surface area (TPSA) is 84.2 Å². The molecule has 0 radical (unpaired) electrons. The van der Waals surface area contributed by atoms with Crippen molar-refractivity contribution in [2.24, 2.45) is 0 Å². The first-order chi connectivity index (χ1) is 12.7. The van der Waals surface area contributed by atoms with Gasteiger partial charge in [-0.2, -0.15) is 0 Å². The van der Waals surface area contributed by atoms with Gasteiger partial charge in [-0.1, -0.05) is 12.1 Å². The van der Waals surface area contributed by atoms with Crippen LogP contribution in [-0.2, 0) is 4.79 Å². The van der Waals surface area contributed by atoms with Gasteiger partial charge >= 0.3 is 0 Å². The van der Waals surface area contributed by atoms with E-state index in [1.54, 1.807) is 23.9 Å². The smallest absolute Gasteiger partial charge is 0.286 e. The molecule has 0 saturated heterocycles. The summed E-state index contributed by atoms with van der Waals surface area (Å²) >= 11 is 3.05. The van der Waals surface area contributed by atoms with E-state index in [-0.39, 0.29) is 30.5 Å². The molecule has 0 aliphatic rings. The number of carbonyl (C=O) groups is 2. The molecular weight excluding hydrogens is 370 g/mol. The third-order valence-corrected chi connectivity index (χ3v) is 5.02. The third-order valence-electron chi connectivity index (χ3n) is 3.52. The van der Waals surface area contributed by atoms with Crippen LogP contribution in [0.4, 0.5) is 5.13 Å². The van der Waals surface area contributed by atoms with E-state index in [2.05, 4.69) is 15.6 Å². The monoisotopic (exact) mass is 387 g/mol. The van der Waals surface area contributed by atoms with Gasteiger partial charge in [0.2, 0.25) is 5.91 Å². The van der Waals surface area contributed by atoms with Crippen molar-refractivity contribution in [1.29, 1.82) is 0 Å². The van der Waals surface area contributed by atoms with Crippen molar-refractivity contribution in [3.05, 3.63) is 53.8 Å². The highest BCUT2D eigenvalue weighted by Gasteiger charge is 2.11. The first-order valence-corrected chi connectivity index (χ1v) is 9.97. The molecule has 0 atom stereocenters. The number of nitrogens with one attached hydrogen (secondary N) is 2. The van der Waals surface area contributed by atoms with E-state index in [1.165, 1.54) is 22.5 Å². The van der Waals surface area contributed by atoms with E-state index in [4.69, 9.17) is 4.42 Å². The number of rotatable bonds is 7. The van der Waals surface area contributed by atoms with Crippen molar-refractivity contribution in [3.63, 3.8) is 0 Å². The second-order valence-electron chi connectivity index (χ2n) is 5.30. The maximum absolute atomic E-state index is 12.0. The highest BCUT2D eigenvalue weighted by molar-refractivity contribution is 7.98. The Balaban J connectivity index is 1.48. The van der Waals surface area contributed by atoms with Crippen molar-refractivity contribution >= 4 is 40.0 Å². The first kappa shape index (κ1) is 18.2. The van der Waals surface area contributed by atoms with Gasteiger partial charge in [0, 0.05) is 28.8 Å². The minimum atomic E-state index is -0.340. The molecule has 1 aromatic carbocycles. The molecule has 2 aromatic heterocycles. The van der Waals surface area contributed by atoms with Crippen molar-refractivity contribution in [3.8, 4) is 11.3 Å². The van der Waals surface area contributed by atoms with Crippen molar-refractivity contribution < 1.29 is 14.0 Å². The average molecular weight is 387 g/mol. The van der Waals surface area contributed by atoms with Gasteiger partial charge in [0.15, 0.2) is 10.9 Å². The standard InChI is InChI=1S/C18H17N3O3S2/c1-25-13-6-4-12(5-7-13)14-11-26-18(20-14)21-16(22)8-9-19-17(23)15-3-2-10-24-15/h2-7,10-11H,8-9H2,1H3,(H,19,23)(H,20,21,22). The lowest BCUT2D eigenvalue weighted by atomic mass is 10.2. The van der Waals surface area contributed by atoms with Crippen molar-refractivity contribution in [2.45, 2.75) is 11.3 Å². The van der Waals surface area contributed by atoms with Gasteiger partial charge in [0.1, 0.15) is 0 Å². The van der Waals surface area contributed by atoms with Crippen LogP contribution in [0.2, 0.25) is 0 Å². The Bertz CT molecular complexity index is 873. The number of hydrogen-bond donors (Lipinski definition) is 2. The zero-order valence-electron chi connectivity index (χ0n) is 14.0. The zero-order chi connectivity index (χ0) is 18.4. The van der Waals surface area contributed by atoms with Crippen LogP contribution in [0.1, 0.15) is 17.0 Å². The lowest BCUT2D eigenvalue weighted by Gasteiger charge is -2.03. The molecule has 6 nitrogen and oxygen atoms in total. The fourth-order valence-electron chi connectivity index (χ4n) is 2.19. The molecule has 2 N–H and O–H groups in total. The number of anilines is 1. The highest BCUT2D eigenvalue weighted by atomic mass is 32.2. The fourth-order valence-corrected chi connectivity index (χ4v) is 3.34. The molecule has 0 spiro atoms. The van der Waals surface area contributed by atoms with Gasteiger partial charge in [-0.3, -0.25) is 9.59 Å². The average Bonchev–Trinajstić information content (AvgIpc) is 3.34. The quantitative estimate of drug-likeness (QED) is 0.601. The predicted octanol–water partition coefficient (Wildman–Crippen LogP) is 3.88. The summed E-state index contributed by atoms with van der Waals surface area (Å²) < 4.78 is 4.99. The van der Waals surface area contributed by atoms with Crippen molar-refractivity contribution in [1.82, 2.24) is 10.3 Å². The number of thiazole rings is 1. The fraction of sp³-hybridized carbons (Fsp3) is 0.167. The van der Waals surface area contributed by atoms with Crippen LogP contribution in [0, 0.1) is 0 Å². The van der Waals surface area contributed by atoms with Crippen LogP contribution in [-0.4, -0.2) is 29.6 Å². The van der Waals surface area contributed by atoms with E-state index in [0.29, 0.717) is 5.13 Å². The molecule has 0 bridgehead atoms. The maximum atomic E-state index is 12.0. The summed E-state index contributed by atoms with van der Waals surface area (Å²) in [6.07, 6.45) is 3.61. The molecule has 2 heterocycles. The Morgan fingerprint density at radius 2 is 2.04 bits per heavy atom. The number of thioether (sulfide) groups is 1. The van der Waals surface area contributed by atoms with Crippen LogP contribution in [0.25, 0.3) is 11.3 Å². The minimum absolute atomic E-state index is 0.157. The van der Waals surface area contributed by atoms with E-state index in [1.807, 2.05) is 35.9 Å². The van der Waals surface area contributed by atoms with Crippen LogP contribution in [0.5, 0.6) is 0 Å². The molecule has 26 heavy (non-hydrogen) atoms. The van der Waals surface area contributed by atoms with Crippen LogP contribution in [0.15, 0.2) is 57.4 Å². The third kappa shape index (κ3) is 4.74. The Labute approximate surface area is 159 Å². The second-order valence-corrected chi connectivity index (χ2v) is 7.04. The summed E-state index contributed by atoms with van der Waals surface area (Å²) in [5, 5.41) is 7.83. The van der Waals surface area contributed by atoms with Gasteiger partial charge in [-0.05, 0) is 30.5 Å². The van der Waals surface area contributed by atoms with E-state index < -0.39 is 0 Å². The number of aromatic nitrogens is 1. The van der Waals surface area contributed by atoms with E-state index >= 15 is 0 Å². The molecule has 3 aromatic rings. The van der Waals surface area contributed by atoms with Crippen LogP contribution in [0.3, 0.4) is 0 Å². The molecular formula is C18H17N3O3S2. The second kappa shape index (κ2) is 8.68. The van der Waals surface area contributed by atoms with Crippen LogP contribution < -0.4 is 10.6 Å². The summed E-state index contributed by atoms with van der Waals surface area (Å²) in [5.74, 6) is -0.320. The highest BCUT2D eigenvalue weighted by Crippen LogP contribution is 2.26. The van der Waals surface area contributed by atoms with Gasteiger partial charge in [-0.15, -0.1) is 23.1 Å². The lowest BCUT2D eigenvalue weighted by molar-refractivity contribution is -0.116. The molecule has 0 aliphatic carbocycles. The number of benzene rings is 1. The van der Waals surface area contributed by atoms with Gasteiger partial charge in [-0.25, -0.2) is 4.98 Å². The molecule has 0 saturated carbocycles. The molecule has 3 rings (SSSR count). The lowest BCUT2D eigenvalue weighted by Crippen LogP contribution is -2.27. The van der Waals surface area contributed by atoms with Crippen molar-refractivity contribution in [2.75, 3.05) is 18.1 Å². The number of furan rings is 1. The normalized spacial score (nSPS) is 10.5. The number of amides is 2. The molecule has 0 unspecified atom stereocenters. The van der Waals surface area contributed by atoms with Crippen LogP contribution >= 0.6 is 23.1 Å². The van der Waals surface area contributed by atoms with Gasteiger partial charge in [0.05, 0.1) is 12.0 Å². The predicted molar refractivity (Wildman–Crippen MR) is 104 cm³/mol. The van der Waals surface area contributed by atoms with Gasteiger partial charge < -0.3 is 15.1 Å². The Morgan fingerprint density at radius 1 is 1.23 bits per heavy atom. The van der Waals surface area contributed by atoms with E-state index in [0.717, 1.165) is 11.3 Å². The number of hydrogen-bond acceptors (Lipinski definition) is 6. The Kier molecular flexibility index (Phi) is 6.08. The summed E-state index contributed by atoms with van der Waals surface area (Å²) in [4.78, 5) is 29.3. The maximum Gasteiger partial charge on any atom is 0.286 e. The summed E-state index contributed by atoms with van der Waals surface area (Å²) in [7, 11) is 0. The summed E-state index contributed by atoms with van der Waals surface area (Å²) in [6.45, 7) is 0.222.